The number of amides is 1. The molecule has 5 heteroatoms. The van der Waals surface area contributed by atoms with E-state index >= 15 is 0 Å². The van der Waals surface area contributed by atoms with E-state index in [1.165, 1.54) is 0 Å². The Balaban J connectivity index is 2.02. The van der Waals surface area contributed by atoms with Gasteiger partial charge < -0.3 is 10.2 Å². The number of ketones is 1. The van der Waals surface area contributed by atoms with Crippen LogP contribution in [0.15, 0.2) is 0 Å². The van der Waals surface area contributed by atoms with Crippen molar-refractivity contribution in [1.29, 1.82) is 0 Å². The number of carbonyl (C=O) groups excluding carboxylic acids is 2. The Hall–Kier alpha value is -0.420. The van der Waals surface area contributed by atoms with E-state index in [1.807, 2.05) is 11.8 Å². The molecule has 0 spiro atoms. The van der Waals surface area contributed by atoms with Crippen molar-refractivity contribution in [3.63, 3.8) is 0 Å². The number of hydrogen-bond acceptors (Lipinski definition) is 3. The molecule has 0 aromatic rings. The Labute approximate surface area is 128 Å². The van der Waals surface area contributed by atoms with Gasteiger partial charge in [0.25, 0.3) is 0 Å². The van der Waals surface area contributed by atoms with E-state index in [9.17, 15) is 9.59 Å². The fourth-order valence-corrected chi connectivity index (χ4v) is 6.08. The van der Waals surface area contributed by atoms with Crippen LogP contribution < -0.4 is 5.32 Å². The number of nitrogens with one attached hydrogen (secondary N) is 1. The zero-order valence-corrected chi connectivity index (χ0v) is 14.0. The molecule has 1 amide bonds. The third-order valence-corrected chi connectivity index (χ3v) is 7.70. The minimum Gasteiger partial charge on any atom is -0.340 e. The zero-order valence-electron chi connectivity index (χ0n) is 12.5. The molecular formula is C15H23BrN2O2. The Morgan fingerprint density at radius 2 is 1.85 bits per heavy atom. The lowest BCUT2D eigenvalue weighted by Crippen LogP contribution is -2.56. The lowest BCUT2D eigenvalue weighted by Gasteiger charge is -2.43. The first kappa shape index (κ1) is 14.5. The number of rotatable bonds is 1. The molecule has 2 aliphatic carbocycles. The molecule has 0 aromatic carbocycles. The van der Waals surface area contributed by atoms with E-state index in [-0.39, 0.29) is 27.3 Å². The zero-order chi connectivity index (χ0) is 14.8. The van der Waals surface area contributed by atoms with Gasteiger partial charge in [-0.25, -0.2) is 0 Å². The minimum atomic E-state index is -0.559. The number of hydrogen-bond donors (Lipinski definition) is 1. The molecular weight excluding hydrogens is 320 g/mol. The van der Waals surface area contributed by atoms with Gasteiger partial charge in [-0.1, -0.05) is 36.7 Å². The van der Waals surface area contributed by atoms with Crippen LogP contribution in [0, 0.1) is 16.2 Å². The minimum absolute atomic E-state index is 0.181. The lowest BCUT2D eigenvalue weighted by atomic mass is 9.64. The number of nitrogens with zero attached hydrogens (tertiary/aromatic N) is 1. The van der Waals surface area contributed by atoms with Gasteiger partial charge in [0.2, 0.25) is 5.91 Å². The Bertz CT molecular complexity index is 472. The topological polar surface area (TPSA) is 49.4 Å². The van der Waals surface area contributed by atoms with Crippen LogP contribution in [0.1, 0.15) is 33.6 Å². The summed E-state index contributed by atoms with van der Waals surface area (Å²) in [7, 11) is 0. The van der Waals surface area contributed by atoms with Crippen LogP contribution in [0.3, 0.4) is 0 Å². The standard InChI is InChI=1S/C15H23BrN2O2/c1-13(2)14(3)4-5-15(13,10(16)11(14)19)12(20)18-8-6-17-7-9-18/h10,17H,4-9H2,1-3H3. The first-order valence-corrected chi connectivity index (χ1v) is 8.39. The summed E-state index contributed by atoms with van der Waals surface area (Å²) in [4.78, 5) is 27.5. The molecule has 0 radical (unpaired) electrons. The van der Waals surface area contributed by atoms with Gasteiger partial charge in [0.15, 0.2) is 5.78 Å². The van der Waals surface area contributed by atoms with Gasteiger partial charge in [0.1, 0.15) is 0 Å². The molecule has 112 valence electrons. The van der Waals surface area contributed by atoms with Crippen LogP contribution in [0.25, 0.3) is 0 Å². The Morgan fingerprint density at radius 3 is 2.35 bits per heavy atom. The molecule has 1 heterocycles. The van der Waals surface area contributed by atoms with Crippen molar-refractivity contribution >= 4 is 27.6 Å². The van der Waals surface area contributed by atoms with Crippen LogP contribution in [0.5, 0.6) is 0 Å². The second-order valence-electron chi connectivity index (χ2n) is 7.20. The maximum absolute atomic E-state index is 13.2. The average Bonchev–Trinajstić information content (AvgIpc) is 2.71. The van der Waals surface area contributed by atoms with Gasteiger partial charge in [-0.3, -0.25) is 9.59 Å². The molecule has 3 fully saturated rings. The van der Waals surface area contributed by atoms with E-state index in [2.05, 4.69) is 35.1 Å². The molecule has 0 aromatic heterocycles. The van der Waals surface area contributed by atoms with E-state index in [1.54, 1.807) is 0 Å². The van der Waals surface area contributed by atoms with E-state index in [4.69, 9.17) is 0 Å². The molecule has 3 rings (SSSR count). The molecule has 2 saturated carbocycles. The van der Waals surface area contributed by atoms with Gasteiger partial charge in [0.05, 0.1) is 10.2 Å². The van der Waals surface area contributed by atoms with Crippen molar-refractivity contribution in [1.82, 2.24) is 10.2 Å². The highest BCUT2D eigenvalue weighted by molar-refractivity contribution is 9.10. The monoisotopic (exact) mass is 342 g/mol. The molecule has 3 aliphatic rings. The summed E-state index contributed by atoms with van der Waals surface area (Å²) < 4.78 is 0. The highest BCUT2D eigenvalue weighted by atomic mass is 79.9. The molecule has 3 atom stereocenters. The van der Waals surface area contributed by atoms with Crippen LogP contribution >= 0.6 is 15.9 Å². The first-order valence-electron chi connectivity index (χ1n) is 7.47. The van der Waals surface area contributed by atoms with Crippen molar-refractivity contribution in [2.45, 2.75) is 38.4 Å². The largest absolute Gasteiger partial charge is 0.340 e. The predicted octanol–water partition coefficient (Wildman–Crippen LogP) is 1.58. The van der Waals surface area contributed by atoms with Crippen LogP contribution in [0.4, 0.5) is 0 Å². The van der Waals surface area contributed by atoms with Crippen molar-refractivity contribution < 1.29 is 9.59 Å². The summed E-state index contributed by atoms with van der Waals surface area (Å²) in [5, 5.41) is 3.28. The lowest BCUT2D eigenvalue weighted by molar-refractivity contribution is -0.147. The summed E-state index contributed by atoms with van der Waals surface area (Å²) in [6.45, 7) is 9.46. The maximum atomic E-state index is 13.2. The smallest absolute Gasteiger partial charge is 0.231 e. The van der Waals surface area contributed by atoms with Crippen LogP contribution in [-0.4, -0.2) is 47.6 Å². The summed E-state index contributed by atoms with van der Waals surface area (Å²) in [6, 6.07) is 0. The summed E-state index contributed by atoms with van der Waals surface area (Å²) in [5.74, 6) is 0.401. The molecule has 2 bridgehead atoms. The second-order valence-corrected chi connectivity index (χ2v) is 8.11. The molecule has 3 unspecified atom stereocenters. The van der Waals surface area contributed by atoms with E-state index < -0.39 is 5.41 Å². The molecule has 1 saturated heterocycles. The Morgan fingerprint density at radius 1 is 1.25 bits per heavy atom. The maximum Gasteiger partial charge on any atom is 0.231 e. The molecule has 1 aliphatic heterocycles. The number of halogens is 1. The average molecular weight is 343 g/mol. The highest BCUT2D eigenvalue weighted by Gasteiger charge is 2.77. The third kappa shape index (κ3) is 1.41. The van der Waals surface area contributed by atoms with Crippen LogP contribution in [0.2, 0.25) is 0 Å². The highest BCUT2D eigenvalue weighted by Crippen LogP contribution is 2.72. The van der Waals surface area contributed by atoms with Gasteiger partial charge >= 0.3 is 0 Å². The quantitative estimate of drug-likeness (QED) is 0.736. The van der Waals surface area contributed by atoms with Gasteiger partial charge in [-0.15, -0.1) is 0 Å². The van der Waals surface area contributed by atoms with E-state index in [0.717, 1.165) is 39.0 Å². The summed E-state index contributed by atoms with van der Waals surface area (Å²) in [6.07, 6.45) is 1.65. The molecule has 4 nitrogen and oxygen atoms in total. The third-order valence-electron chi connectivity index (χ3n) is 6.51. The molecule has 20 heavy (non-hydrogen) atoms. The number of carbonyl (C=O) groups is 2. The number of alkyl halides is 1. The molecule has 1 N–H and O–H groups in total. The van der Waals surface area contributed by atoms with Gasteiger partial charge in [0, 0.05) is 31.6 Å². The van der Waals surface area contributed by atoms with Crippen molar-refractivity contribution in [3.8, 4) is 0 Å². The fraction of sp³-hybridized carbons (Fsp3) is 0.867. The van der Waals surface area contributed by atoms with Crippen molar-refractivity contribution in [2.75, 3.05) is 26.2 Å². The van der Waals surface area contributed by atoms with Gasteiger partial charge in [-0.2, -0.15) is 0 Å². The van der Waals surface area contributed by atoms with Crippen LogP contribution in [-0.2, 0) is 9.59 Å². The first-order chi connectivity index (χ1) is 9.29. The summed E-state index contributed by atoms with van der Waals surface area (Å²) in [5.41, 5.74) is -1.21. The van der Waals surface area contributed by atoms with E-state index in [0.29, 0.717) is 0 Å². The SMILES string of the molecule is CC12CCC(C(=O)N3CCNCC3)(C(Br)C1=O)C2(C)C. The van der Waals surface area contributed by atoms with Crippen molar-refractivity contribution in [2.24, 2.45) is 16.2 Å². The fourth-order valence-electron chi connectivity index (χ4n) is 4.58. The van der Waals surface area contributed by atoms with Crippen molar-refractivity contribution in [3.05, 3.63) is 0 Å². The normalized spacial score (nSPS) is 43.1. The van der Waals surface area contributed by atoms with Gasteiger partial charge in [-0.05, 0) is 18.3 Å². The number of piperazine rings is 1. The number of fused-ring (bicyclic) bond motifs is 2. The second kappa shape index (κ2) is 4.29. The Kier molecular flexibility index (Phi) is 3.11. The predicted molar refractivity (Wildman–Crippen MR) is 80.7 cm³/mol. The summed E-state index contributed by atoms with van der Waals surface area (Å²) >= 11 is 3.58. The number of Topliss-reactive ketones (excluding diaryl/α,β-unsaturated/α-hetero) is 1.